The van der Waals surface area contributed by atoms with Gasteiger partial charge in [-0.15, -0.1) is 0 Å². The molecule has 1 aliphatic heterocycles. The standard InChI is InChI=1S/C16H19N3O3/c17-7-13-4-3-12(8-18-13)16(20)19-14-10-21-6-5-15(14)22-9-11-1-2-11/h3-4,8,11,14-15H,1-2,5-6,9-10H2,(H,19,20)/t14-,15+/m1/s1. The third kappa shape index (κ3) is 3.81. The van der Waals surface area contributed by atoms with Crippen molar-refractivity contribution in [3.05, 3.63) is 29.6 Å². The average Bonchev–Trinajstić information content (AvgIpc) is 3.38. The molecule has 1 saturated carbocycles. The lowest BCUT2D eigenvalue weighted by Gasteiger charge is -2.32. The number of rotatable bonds is 5. The number of carbonyl (C=O) groups is 1. The predicted octanol–water partition coefficient (Wildman–Crippen LogP) is 1.27. The largest absolute Gasteiger partial charge is 0.379 e. The first kappa shape index (κ1) is 14.9. The van der Waals surface area contributed by atoms with Gasteiger partial charge in [-0.2, -0.15) is 5.26 Å². The van der Waals surface area contributed by atoms with Crippen LogP contribution in [0.3, 0.4) is 0 Å². The van der Waals surface area contributed by atoms with Gasteiger partial charge in [-0.25, -0.2) is 4.98 Å². The van der Waals surface area contributed by atoms with E-state index in [2.05, 4.69) is 10.3 Å². The Morgan fingerprint density at radius 1 is 1.45 bits per heavy atom. The minimum atomic E-state index is -0.215. The number of pyridine rings is 1. The average molecular weight is 301 g/mol. The lowest BCUT2D eigenvalue weighted by molar-refractivity contribution is -0.0567. The Balaban J connectivity index is 1.58. The number of aromatic nitrogens is 1. The number of nitrogens with zero attached hydrogens (tertiary/aromatic N) is 2. The highest BCUT2D eigenvalue weighted by Gasteiger charge is 2.30. The van der Waals surface area contributed by atoms with Gasteiger partial charge in [0.25, 0.3) is 5.91 Å². The Labute approximate surface area is 129 Å². The molecule has 116 valence electrons. The van der Waals surface area contributed by atoms with Gasteiger partial charge in [0.15, 0.2) is 0 Å². The quantitative estimate of drug-likeness (QED) is 0.885. The second-order valence-electron chi connectivity index (χ2n) is 5.80. The van der Waals surface area contributed by atoms with Gasteiger partial charge in [-0.1, -0.05) is 0 Å². The molecular formula is C16H19N3O3. The highest BCUT2D eigenvalue weighted by molar-refractivity contribution is 5.94. The Hall–Kier alpha value is -1.97. The van der Waals surface area contributed by atoms with Crippen LogP contribution in [0, 0.1) is 17.2 Å². The normalized spacial score (nSPS) is 24.5. The van der Waals surface area contributed by atoms with Gasteiger partial charge in [-0.05, 0) is 37.3 Å². The summed E-state index contributed by atoms with van der Waals surface area (Å²) in [5.41, 5.74) is 0.730. The summed E-state index contributed by atoms with van der Waals surface area (Å²) in [6.45, 7) is 1.90. The van der Waals surface area contributed by atoms with E-state index in [4.69, 9.17) is 14.7 Å². The van der Waals surface area contributed by atoms with Crippen LogP contribution in [0.15, 0.2) is 18.3 Å². The van der Waals surface area contributed by atoms with Crippen molar-refractivity contribution in [2.75, 3.05) is 19.8 Å². The summed E-state index contributed by atoms with van der Waals surface area (Å²) in [5, 5.41) is 11.7. The third-order valence-electron chi connectivity index (χ3n) is 3.99. The van der Waals surface area contributed by atoms with Crippen LogP contribution in [-0.4, -0.2) is 42.9 Å². The molecule has 2 atom stereocenters. The molecule has 2 aliphatic rings. The molecule has 0 aromatic carbocycles. The van der Waals surface area contributed by atoms with E-state index in [1.165, 1.54) is 25.1 Å². The fourth-order valence-electron chi connectivity index (χ4n) is 2.44. The molecule has 1 aromatic rings. The molecule has 1 amide bonds. The van der Waals surface area contributed by atoms with Gasteiger partial charge in [0.05, 0.1) is 24.3 Å². The zero-order valence-electron chi connectivity index (χ0n) is 12.3. The highest BCUT2D eigenvalue weighted by Crippen LogP contribution is 2.30. The van der Waals surface area contributed by atoms with Crippen molar-refractivity contribution >= 4 is 5.91 Å². The number of hydrogen-bond acceptors (Lipinski definition) is 5. The number of nitriles is 1. The van der Waals surface area contributed by atoms with E-state index in [0.29, 0.717) is 30.4 Å². The topological polar surface area (TPSA) is 84.2 Å². The molecule has 0 unspecified atom stereocenters. The molecule has 1 aromatic heterocycles. The molecule has 6 nitrogen and oxygen atoms in total. The van der Waals surface area contributed by atoms with Gasteiger partial charge in [-0.3, -0.25) is 4.79 Å². The molecule has 6 heteroatoms. The summed E-state index contributed by atoms with van der Waals surface area (Å²) >= 11 is 0. The molecule has 2 fully saturated rings. The van der Waals surface area contributed by atoms with Crippen LogP contribution >= 0.6 is 0 Å². The number of hydrogen-bond donors (Lipinski definition) is 1. The number of nitrogens with one attached hydrogen (secondary N) is 1. The molecule has 1 N–H and O–H groups in total. The van der Waals surface area contributed by atoms with Gasteiger partial charge < -0.3 is 14.8 Å². The van der Waals surface area contributed by atoms with Crippen molar-refractivity contribution in [2.45, 2.75) is 31.4 Å². The number of ether oxygens (including phenoxy) is 2. The van der Waals surface area contributed by atoms with Crippen LogP contribution in [0.5, 0.6) is 0 Å². The number of carbonyl (C=O) groups excluding carboxylic acids is 1. The Bertz CT molecular complexity index is 563. The van der Waals surface area contributed by atoms with E-state index in [0.717, 1.165) is 13.0 Å². The zero-order valence-corrected chi connectivity index (χ0v) is 12.3. The van der Waals surface area contributed by atoms with Gasteiger partial charge in [0.1, 0.15) is 11.8 Å². The predicted molar refractivity (Wildman–Crippen MR) is 78.1 cm³/mol. The van der Waals surface area contributed by atoms with Gasteiger partial charge in [0, 0.05) is 19.4 Å². The van der Waals surface area contributed by atoms with Crippen molar-refractivity contribution in [1.82, 2.24) is 10.3 Å². The Morgan fingerprint density at radius 3 is 3.00 bits per heavy atom. The minimum Gasteiger partial charge on any atom is -0.379 e. The fraction of sp³-hybridized carbons (Fsp3) is 0.562. The van der Waals surface area contributed by atoms with Crippen molar-refractivity contribution in [1.29, 1.82) is 5.26 Å². The van der Waals surface area contributed by atoms with Gasteiger partial charge >= 0.3 is 0 Å². The van der Waals surface area contributed by atoms with Crippen LogP contribution in [0.1, 0.15) is 35.3 Å². The van der Waals surface area contributed by atoms with E-state index in [1.54, 1.807) is 6.07 Å². The van der Waals surface area contributed by atoms with Crippen molar-refractivity contribution in [3.8, 4) is 6.07 Å². The summed E-state index contributed by atoms with van der Waals surface area (Å²) < 4.78 is 11.4. The van der Waals surface area contributed by atoms with Gasteiger partial charge in [0.2, 0.25) is 0 Å². The maximum absolute atomic E-state index is 12.3. The maximum atomic E-state index is 12.3. The lowest BCUT2D eigenvalue weighted by Crippen LogP contribution is -2.50. The summed E-state index contributed by atoms with van der Waals surface area (Å²) in [5.74, 6) is 0.481. The molecule has 3 rings (SSSR count). The summed E-state index contributed by atoms with van der Waals surface area (Å²) in [6.07, 6.45) is 4.71. The van der Waals surface area contributed by atoms with E-state index < -0.39 is 0 Å². The molecule has 0 radical (unpaired) electrons. The monoisotopic (exact) mass is 301 g/mol. The van der Waals surface area contributed by atoms with Crippen LogP contribution in [0.2, 0.25) is 0 Å². The van der Waals surface area contributed by atoms with Crippen LogP contribution < -0.4 is 5.32 Å². The number of amides is 1. The summed E-state index contributed by atoms with van der Waals surface area (Å²) in [6, 6.07) is 4.93. The second kappa shape index (κ2) is 6.86. The summed E-state index contributed by atoms with van der Waals surface area (Å²) in [4.78, 5) is 16.2. The highest BCUT2D eigenvalue weighted by atomic mass is 16.5. The van der Waals surface area contributed by atoms with Crippen molar-refractivity contribution in [2.24, 2.45) is 5.92 Å². The van der Waals surface area contributed by atoms with E-state index in [1.807, 2.05) is 6.07 Å². The lowest BCUT2D eigenvalue weighted by atomic mass is 10.1. The molecule has 1 saturated heterocycles. The molecule has 0 bridgehead atoms. The van der Waals surface area contributed by atoms with Crippen molar-refractivity contribution < 1.29 is 14.3 Å². The van der Waals surface area contributed by atoms with Crippen LogP contribution in [0.25, 0.3) is 0 Å². The molecule has 0 spiro atoms. The van der Waals surface area contributed by atoms with Crippen molar-refractivity contribution in [3.63, 3.8) is 0 Å². The first-order valence-electron chi connectivity index (χ1n) is 7.62. The maximum Gasteiger partial charge on any atom is 0.253 e. The van der Waals surface area contributed by atoms with E-state index in [9.17, 15) is 4.79 Å². The summed E-state index contributed by atoms with van der Waals surface area (Å²) in [7, 11) is 0. The first-order chi connectivity index (χ1) is 10.8. The molecular weight excluding hydrogens is 282 g/mol. The first-order valence-corrected chi connectivity index (χ1v) is 7.62. The molecule has 22 heavy (non-hydrogen) atoms. The Kier molecular flexibility index (Phi) is 4.66. The smallest absolute Gasteiger partial charge is 0.253 e. The zero-order chi connectivity index (χ0) is 15.4. The molecule has 1 aliphatic carbocycles. The fourth-order valence-corrected chi connectivity index (χ4v) is 2.44. The van der Waals surface area contributed by atoms with Crippen LogP contribution in [-0.2, 0) is 9.47 Å². The Morgan fingerprint density at radius 2 is 2.32 bits per heavy atom. The molecule has 2 heterocycles. The minimum absolute atomic E-state index is 0.00430. The third-order valence-corrected chi connectivity index (χ3v) is 3.99. The SMILES string of the molecule is N#Cc1ccc(C(=O)N[C@@H]2COCC[C@@H]2OCC2CC2)cn1. The van der Waals surface area contributed by atoms with E-state index in [-0.39, 0.29) is 18.1 Å². The van der Waals surface area contributed by atoms with E-state index >= 15 is 0 Å². The second-order valence-corrected chi connectivity index (χ2v) is 5.80. The van der Waals surface area contributed by atoms with Crippen LogP contribution in [0.4, 0.5) is 0 Å².